The van der Waals surface area contributed by atoms with Crippen molar-refractivity contribution in [2.45, 2.75) is 33.1 Å². The minimum absolute atomic E-state index is 0.680. The molecule has 1 unspecified atom stereocenters. The van der Waals surface area contributed by atoms with Crippen LogP contribution in [0.1, 0.15) is 32.5 Å². The molecule has 0 saturated heterocycles. The van der Waals surface area contributed by atoms with Crippen molar-refractivity contribution in [2.75, 3.05) is 6.54 Å². The molecule has 4 heteroatoms. The van der Waals surface area contributed by atoms with Crippen molar-refractivity contribution in [1.29, 1.82) is 0 Å². The van der Waals surface area contributed by atoms with Crippen LogP contribution in [0.4, 0.5) is 0 Å². The van der Waals surface area contributed by atoms with Crippen molar-refractivity contribution >= 4 is 11.0 Å². The molecule has 104 valence electrons. The van der Waals surface area contributed by atoms with Crippen LogP contribution in [-0.2, 0) is 13.5 Å². The smallest absolute Gasteiger partial charge is 0.109 e. The Kier molecular flexibility index (Phi) is 4.53. The summed E-state index contributed by atoms with van der Waals surface area (Å²) in [5, 5.41) is 0. The molecule has 0 bridgehead atoms. The number of aryl methyl sites for hydroxylation is 2. The van der Waals surface area contributed by atoms with Gasteiger partial charge >= 0.3 is 0 Å². The molecule has 0 radical (unpaired) electrons. The summed E-state index contributed by atoms with van der Waals surface area (Å²) in [4.78, 5) is 8.80. The Bertz CT molecular complexity index is 530. The summed E-state index contributed by atoms with van der Waals surface area (Å²) in [5.41, 5.74) is 7.84. The minimum atomic E-state index is 0.680. The third kappa shape index (κ3) is 3.13. The second-order valence-corrected chi connectivity index (χ2v) is 5.57. The van der Waals surface area contributed by atoms with Crippen LogP contribution in [0.3, 0.4) is 0 Å². The summed E-state index contributed by atoms with van der Waals surface area (Å²) >= 11 is 0. The third-order valence-electron chi connectivity index (χ3n) is 3.99. The molecule has 0 aliphatic carbocycles. The van der Waals surface area contributed by atoms with Gasteiger partial charge in [0.15, 0.2) is 0 Å². The fourth-order valence-corrected chi connectivity index (χ4v) is 2.66. The van der Waals surface area contributed by atoms with Gasteiger partial charge in [0.1, 0.15) is 11.3 Å². The molecule has 2 aromatic rings. The zero-order valence-electron chi connectivity index (χ0n) is 12.1. The maximum atomic E-state index is 5.70. The normalized spacial score (nSPS) is 13.3. The Morgan fingerprint density at radius 1 is 1.32 bits per heavy atom. The van der Waals surface area contributed by atoms with Crippen molar-refractivity contribution in [2.24, 2.45) is 24.6 Å². The molecule has 0 aliphatic rings. The fourth-order valence-electron chi connectivity index (χ4n) is 2.66. The zero-order chi connectivity index (χ0) is 13.8. The maximum absolute atomic E-state index is 5.70. The Morgan fingerprint density at radius 2 is 2.11 bits per heavy atom. The first kappa shape index (κ1) is 14.0. The van der Waals surface area contributed by atoms with E-state index in [1.807, 2.05) is 18.5 Å². The average molecular weight is 260 g/mol. The number of pyridine rings is 1. The van der Waals surface area contributed by atoms with Crippen LogP contribution >= 0.6 is 0 Å². The van der Waals surface area contributed by atoms with Gasteiger partial charge in [-0.25, -0.2) is 4.98 Å². The molecule has 0 saturated carbocycles. The van der Waals surface area contributed by atoms with Crippen LogP contribution in [0, 0.1) is 11.8 Å². The lowest BCUT2D eigenvalue weighted by atomic mass is 9.88. The standard InChI is InChI=1S/C15H24N4/c1-11(2)12(6-8-16)4-5-15-18-13-10-17-9-7-14(13)19(15)3/h7,9-12H,4-6,8,16H2,1-3H3. The summed E-state index contributed by atoms with van der Waals surface area (Å²) in [5.74, 6) is 2.51. The first-order valence-electron chi connectivity index (χ1n) is 7.09. The first-order valence-corrected chi connectivity index (χ1v) is 7.09. The van der Waals surface area contributed by atoms with E-state index >= 15 is 0 Å². The van der Waals surface area contributed by atoms with E-state index in [9.17, 15) is 0 Å². The topological polar surface area (TPSA) is 56.7 Å². The zero-order valence-corrected chi connectivity index (χ0v) is 12.1. The highest BCUT2D eigenvalue weighted by molar-refractivity contribution is 5.74. The number of imidazole rings is 1. The highest BCUT2D eigenvalue weighted by Crippen LogP contribution is 2.22. The van der Waals surface area contributed by atoms with Gasteiger partial charge in [-0.2, -0.15) is 0 Å². The van der Waals surface area contributed by atoms with Crippen LogP contribution in [0.15, 0.2) is 18.5 Å². The van der Waals surface area contributed by atoms with Gasteiger partial charge in [-0.3, -0.25) is 4.98 Å². The molecule has 2 rings (SSSR count). The van der Waals surface area contributed by atoms with Crippen LogP contribution in [0.5, 0.6) is 0 Å². The van der Waals surface area contributed by atoms with E-state index in [1.54, 1.807) is 0 Å². The number of rotatable bonds is 6. The maximum Gasteiger partial charge on any atom is 0.109 e. The van der Waals surface area contributed by atoms with Crippen molar-refractivity contribution in [3.05, 3.63) is 24.3 Å². The average Bonchev–Trinajstić information content (AvgIpc) is 2.72. The number of aromatic nitrogens is 3. The predicted molar refractivity (Wildman–Crippen MR) is 78.8 cm³/mol. The lowest BCUT2D eigenvalue weighted by Crippen LogP contribution is -2.16. The summed E-state index contributed by atoms with van der Waals surface area (Å²) in [7, 11) is 2.08. The summed E-state index contributed by atoms with van der Waals surface area (Å²) in [6.45, 7) is 5.33. The van der Waals surface area contributed by atoms with E-state index in [-0.39, 0.29) is 0 Å². The van der Waals surface area contributed by atoms with E-state index in [0.717, 1.165) is 42.7 Å². The Balaban J connectivity index is 2.10. The predicted octanol–water partition coefficient (Wildman–Crippen LogP) is 2.52. The Labute approximate surface area is 115 Å². The van der Waals surface area contributed by atoms with Gasteiger partial charge in [0.05, 0.1) is 11.7 Å². The Hall–Kier alpha value is -1.42. The van der Waals surface area contributed by atoms with E-state index in [2.05, 4.69) is 35.4 Å². The van der Waals surface area contributed by atoms with Crippen molar-refractivity contribution in [3.8, 4) is 0 Å². The molecule has 0 aliphatic heterocycles. The van der Waals surface area contributed by atoms with Crippen LogP contribution < -0.4 is 5.73 Å². The molecular weight excluding hydrogens is 236 g/mol. The molecule has 2 heterocycles. The van der Waals surface area contributed by atoms with Crippen molar-refractivity contribution in [3.63, 3.8) is 0 Å². The second kappa shape index (κ2) is 6.15. The summed E-state index contributed by atoms with van der Waals surface area (Å²) in [6, 6.07) is 2.02. The summed E-state index contributed by atoms with van der Waals surface area (Å²) in [6.07, 6.45) is 6.91. The number of hydrogen-bond donors (Lipinski definition) is 1. The van der Waals surface area contributed by atoms with Gasteiger partial charge in [0.2, 0.25) is 0 Å². The molecule has 0 aromatic carbocycles. The van der Waals surface area contributed by atoms with Crippen LogP contribution in [0.2, 0.25) is 0 Å². The molecular formula is C15H24N4. The van der Waals surface area contributed by atoms with Gasteiger partial charge in [-0.15, -0.1) is 0 Å². The number of nitrogens with two attached hydrogens (primary N) is 1. The van der Waals surface area contributed by atoms with E-state index in [4.69, 9.17) is 5.73 Å². The van der Waals surface area contributed by atoms with Crippen LogP contribution in [0.25, 0.3) is 11.0 Å². The fraction of sp³-hybridized carbons (Fsp3) is 0.600. The minimum Gasteiger partial charge on any atom is -0.331 e. The largest absolute Gasteiger partial charge is 0.331 e. The van der Waals surface area contributed by atoms with Crippen molar-refractivity contribution in [1.82, 2.24) is 14.5 Å². The SMILES string of the molecule is CC(C)C(CCN)CCc1nc2cnccc2n1C. The van der Waals surface area contributed by atoms with Gasteiger partial charge in [0, 0.05) is 19.7 Å². The number of nitrogens with zero attached hydrogens (tertiary/aromatic N) is 3. The molecule has 0 fully saturated rings. The number of hydrogen-bond acceptors (Lipinski definition) is 3. The third-order valence-corrected chi connectivity index (χ3v) is 3.99. The van der Waals surface area contributed by atoms with Gasteiger partial charge in [-0.05, 0) is 37.3 Å². The molecule has 4 nitrogen and oxygen atoms in total. The molecule has 2 aromatic heterocycles. The van der Waals surface area contributed by atoms with Crippen LogP contribution in [-0.4, -0.2) is 21.1 Å². The lowest BCUT2D eigenvalue weighted by Gasteiger charge is -2.19. The van der Waals surface area contributed by atoms with E-state index < -0.39 is 0 Å². The first-order chi connectivity index (χ1) is 9.13. The monoisotopic (exact) mass is 260 g/mol. The molecule has 0 spiro atoms. The van der Waals surface area contributed by atoms with E-state index in [0.29, 0.717) is 11.8 Å². The number of fused-ring (bicyclic) bond motifs is 1. The summed E-state index contributed by atoms with van der Waals surface area (Å²) < 4.78 is 2.18. The van der Waals surface area contributed by atoms with Gasteiger partial charge < -0.3 is 10.3 Å². The lowest BCUT2D eigenvalue weighted by molar-refractivity contribution is 0.338. The van der Waals surface area contributed by atoms with E-state index in [1.165, 1.54) is 0 Å². The molecule has 19 heavy (non-hydrogen) atoms. The van der Waals surface area contributed by atoms with Gasteiger partial charge in [0.25, 0.3) is 0 Å². The van der Waals surface area contributed by atoms with Gasteiger partial charge in [-0.1, -0.05) is 13.8 Å². The molecule has 0 amide bonds. The quantitative estimate of drug-likeness (QED) is 0.868. The highest BCUT2D eigenvalue weighted by Gasteiger charge is 2.15. The Morgan fingerprint density at radius 3 is 2.74 bits per heavy atom. The molecule has 2 N–H and O–H groups in total. The van der Waals surface area contributed by atoms with Crippen molar-refractivity contribution < 1.29 is 0 Å². The highest BCUT2D eigenvalue weighted by atomic mass is 15.1. The molecule has 1 atom stereocenters. The second-order valence-electron chi connectivity index (χ2n) is 5.57.